The Bertz CT molecular complexity index is 393. The molecule has 0 saturated carbocycles. The molecule has 0 radical (unpaired) electrons. The lowest BCUT2D eigenvalue weighted by Crippen LogP contribution is -2.33. The Morgan fingerprint density at radius 2 is 2.24 bits per heavy atom. The van der Waals surface area contributed by atoms with Crippen LogP contribution < -0.4 is 9.47 Å². The number of hydrogen-bond donors (Lipinski definition) is 0. The first-order chi connectivity index (χ1) is 7.86. The SMILES string of the molecule is COc1cnc(OCC(F)(F)C(F)P)c(Cl)c1. The molecule has 0 saturated heterocycles. The maximum Gasteiger partial charge on any atom is 0.315 e. The number of rotatable bonds is 5. The quantitative estimate of drug-likeness (QED) is 0.780. The fourth-order valence-corrected chi connectivity index (χ4v) is 1.18. The molecular formula is C9H10ClF3NO2P. The van der Waals surface area contributed by atoms with Crippen LogP contribution in [0, 0.1) is 0 Å². The third-order valence-electron chi connectivity index (χ3n) is 1.82. The molecule has 0 aliphatic rings. The van der Waals surface area contributed by atoms with Crippen molar-refractivity contribution in [3.8, 4) is 11.6 Å². The molecule has 1 rings (SSSR count). The van der Waals surface area contributed by atoms with E-state index in [0.29, 0.717) is 5.75 Å². The summed E-state index contributed by atoms with van der Waals surface area (Å²) in [6.45, 7) is -1.14. The standard InChI is InChI=1S/C9H10ClF3NO2P/c1-15-5-2-6(10)7(14-3-5)16-4-9(12,13)8(11)17/h2-3,8H,4,17H2,1H3. The highest BCUT2D eigenvalue weighted by Crippen LogP contribution is 2.30. The van der Waals surface area contributed by atoms with Crippen molar-refractivity contribution in [3.63, 3.8) is 0 Å². The van der Waals surface area contributed by atoms with Crippen molar-refractivity contribution in [3.05, 3.63) is 17.3 Å². The first kappa shape index (κ1) is 14.3. The van der Waals surface area contributed by atoms with Gasteiger partial charge in [0.1, 0.15) is 10.8 Å². The predicted octanol–water partition coefficient (Wildman–Crippen LogP) is 2.93. The van der Waals surface area contributed by atoms with Crippen LogP contribution in [0.2, 0.25) is 5.02 Å². The first-order valence-corrected chi connectivity index (χ1v) is 5.51. The molecule has 3 nitrogen and oxygen atoms in total. The highest BCUT2D eigenvalue weighted by molar-refractivity contribution is 7.17. The molecule has 1 aromatic rings. The second kappa shape index (κ2) is 5.74. The minimum Gasteiger partial charge on any atom is -0.495 e. The van der Waals surface area contributed by atoms with E-state index >= 15 is 0 Å². The normalized spacial score (nSPS) is 13.3. The fourth-order valence-electron chi connectivity index (χ4n) is 0.870. The van der Waals surface area contributed by atoms with Crippen LogP contribution in [0.15, 0.2) is 12.3 Å². The number of halogens is 4. The van der Waals surface area contributed by atoms with Gasteiger partial charge in [0, 0.05) is 6.07 Å². The van der Waals surface area contributed by atoms with E-state index in [4.69, 9.17) is 16.3 Å². The largest absolute Gasteiger partial charge is 0.495 e. The maximum absolute atomic E-state index is 12.9. The summed E-state index contributed by atoms with van der Waals surface area (Å²) in [5.41, 5.74) is 0. The van der Waals surface area contributed by atoms with Gasteiger partial charge in [-0.05, 0) is 0 Å². The summed E-state index contributed by atoms with van der Waals surface area (Å²) in [7, 11) is 2.78. The summed E-state index contributed by atoms with van der Waals surface area (Å²) in [5, 5.41) is 0.0133. The molecule has 0 spiro atoms. The van der Waals surface area contributed by atoms with Crippen LogP contribution in [0.1, 0.15) is 0 Å². The maximum atomic E-state index is 12.9. The minimum absolute atomic E-state index is 0.0133. The van der Waals surface area contributed by atoms with Crippen LogP contribution in [0.3, 0.4) is 0 Å². The van der Waals surface area contributed by atoms with E-state index in [-0.39, 0.29) is 10.9 Å². The van der Waals surface area contributed by atoms with Gasteiger partial charge in [-0.25, -0.2) is 9.37 Å². The number of hydrogen-bond acceptors (Lipinski definition) is 3. The fraction of sp³-hybridized carbons (Fsp3) is 0.444. The number of ether oxygens (including phenoxy) is 2. The van der Waals surface area contributed by atoms with E-state index in [0.717, 1.165) is 0 Å². The second-order valence-corrected chi connectivity index (χ2v) is 4.11. The zero-order valence-electron chi connectivity index (χ0n) is 8.79. The number of alkyl halides is 3. The highest BCUT2D eigenvalue weighted by atomic mass is 35.5. The molecule has 2 atom stereocenters. The van der Waals surface area contributed by atoms with Crippen molar-refractivity contribution in [1.29, 1.82) is 0 Å². The average molecular weight is 288 g/mol. The van der Waals surface area contributed by atoms with Gasteiger partial charge in [0.15, 0.2) is 12.5 Å². The summed E-state index contributed by atoms with van der Waals surface area (Å²) < 4.78 is 47.7. The molecule has 0 aromatic carbocycles. The lowest BCUT2D eigenvalue weighted by molar-refractivity contribution is -0.0721. The van der Waals surface area contributed by atoms with Gasteiger partial charge in [-0.2, -0.15) is 8.78 Å². The molecule has 17 heavy (non-hydrogen) atoms. The van der Waals surface area contributed by atoms with Crippen LogP contribution in [0.4, 0.5) is 13.2 Å². The number of methoxy groups -OCH3 is 1. The summed E-state index contributed by atoms with van der Waals surface area (Å²) in [6, 6.07) is 1.36. The summed E-state index contributed by atoms with van der Waals surface area (Å²) in [6.07, 6.45) is 1.26. The minimum atomic E-state index is -3.62. The van der Waals surface area contributed by atoms with Crippen LogP contribution >= 0.6 is 20.8 Å². The highest BCUT2D eigenvalue weighted by Gasteiger charge is 2.38. The molecule has 0 bridgehead atoms. The molecular weight excluding hydrogens is 278 g/mol. The third-order valence-corrected chi connectivity index (χ3v) is 2.58. The van der Waals surface area contributed by atoms with Crippen molar-refractivity contribution in [2.24, 2.45) is 0 Å². The number of nitrogens with zero attached hydrogens (tertiary/aromatic N) is 1. The molecule has 0 aliphatic heterocycles. The molecule has 0 fully saturated rings. The molecule has 96 valence electrons. The van der Waals surface area contributed by atoms with Crippen molar-refractivity contribution in [1.82, 2.24) is 4.98 Å². The van der Waals surface area contributed by atoms with Crippen molar-refractivity contribution >= 4 is 20.8 Å². The van der Waals surface area contributed by atoms with Crippen molar-refractivity contribution < 1.29 is 22.6 Å². The number of aromatic nitrogens is 1. The van der Waals surface area contributed by atoms with Crippen LogP contribution in [0.25, 0.3) is 0 Å². The lowest BCUT2D eigenvalue weighted by atomic mass is 10.4. The zero-order chi connectivity index (χ0) is 13.1. The lowest BCUT2D eigenvalue weighted by Gasteiger charge is -2.17. The van der Waals surface area contributed by atoms with Crippen LogP contribution in [-0.2, 0) is 0 Å². The van der Waals surface area contributed by atoms with Gasteiger partial charge < -0.3 is 9.47 Å². The molecule has 2 unspecified atom stereocenters. The molecule has 0 amide bonds. The van der Waals surface area contributed by atoms with Gasteiger partial charge in [0.2, 0.25) is 5.88 Å². The first-order valence-electron chi connectivity index (χ1n) is 4.46. The van der Waals surface area contributed by atoms with E-state index in [1.54, 1.807) is 0 Å². The molecule has 0 aliphatic carbocycles. The van der Waals surface area contributed by atoms with Gasteiger partial charge in [-0.1, -0.05) is 20.8 Å². The van der Waals surface area contributed by atoms with E-state index in [2.05, 4.69) is 9.72 Å². The molecule has 1 heterocycles. The van der Waals surface area contributed by atoms with Crippen LogP contribution in [-0.4, -0.2) is 30.5 Å². The Morgan fingerprint density at radius 1 is 1.59 bits per heavy atom. The molecule has 1 aromatic heterocycles. The van der Waals surface area contributed by atoms with E-state index < -0.39 is 18.4 Å². The Labute approximate surface area is 103 Å². The summed E-state index contributed by atoms with van der Waals surface area (Å²) >= 11 is 5.71. The van der Waals surface area contributed by atoms with Gasteiger partial charge in [0.05, 0.1) is 13.3 Å². The van der Waals surface area contributed by atoms with Crippen molar-refractivity contribution in [2.45, 2.75) is 11.8 Å². The summed E-state index contributed by atoms with van der Waals surface area (Å²) in [4.78, 5) is 3.67. The van der Waals surface area contributed by atoms with Gasteiger partial charge >= 0.3 is 5.92 Å². The monoisotopic (exact) mass is 287 g/mol. The van der Waals surface area contributed by atoms with Gasteiger partial charge in [-0.3, -0.25) is 0 Å². The van der Waals surface area contributed by atoms with Crippen molar-refractivity contribution in [2.75, 3.05) is 13.7 Å². The Hall–Kier alpha value is -0.740. The summed E-state index contributed by atoms with van der Waals surface area (Å²) in [5.74, 6) is -5.84. The average Bonchev–Trinajstić information content (AvgIpc) is 2.27. The van der Waals surface area contributed by atoms with Gasteiger partial charge in [-0.15, -0.1) is 0 Å². The predicted molar refractivity (Wildman–Crippen MR) is 60.8 cm³/mol. The van der Waals surface area contributed by atoms with E-state index in [1.807, 2.05) is 0 Å². The Balaban J connectivity index is 2.70. The van der Waals surface area contributed by atoms with E-state index in [1.165, 1.54) is 28.6 Å². The smallest absolute Gasteiger partial charge is 0.315 e. The topological polar surface area (TPSA) is 31.4 Å². The van der Waals surface area contributed by atoms with E-state index in [9.17, 15) is 13.2 Å². The molecule has 8 heteroatoms. The van der Waals surface area contributed by atoms with Crippen LogP contribution in [0.5, 0.6) is 11.6 Å². The second-order valence-electron chi connectivity index (χ2n) is 3.11. The Morgan fingerprint density at radius 3 is 2.71 bits per heavy atom. The Kier molecular flexibility index (Phi) is 4.83. The number of pyridine rings is 1. The van der Waals surface area contributed by atoms with Gasteiger partial charge in [0.25, 0.3) is 0 Å². The zero-order valence-corrected chi connectivity index (χ0v) is 10.7. The molecule has 0 N–H and O–H groups in total. The third kappa shape index (κ3) is 3.89.